The number of pyridine rings is 1. The number of fused-ring (bicyclic) bond motifs is 2. The van der Waals surface area contributed by atoms with Crippen molar-refractivity contribution in [3.05, 3.63) is 36.8 Å². The summed E-state index contributed by atoms with van der Waals surface area (Å²) in [6, 6.07) is 6.40. The maximum absolute atomic E-state index is 12.8. The zero-order valence-electron chi connectivity index (χ0n) is 20.2. The molecule has 5 heterocycles. The van der Waals surface area contributed by atoms with Gasteiger partial charge in [-0.05, 0) is 43.2 Å². The first kappa shape index (κ1) is 22.0. The topological polar surface area (TPSA) is 98.4 Å². The van der Waals surface area contributed by atoms with Gasteiger partial charge in [0.15, 0.2) is 5.65 Å². The number of rotatable bonds is 6. The van der Waals surface area contributed by atoms with E-state index in [9.17, 15) is 4.79 Å². The summed E-state index contributed by atoms with van der Waals surface area (Å²) in [7, 11) is 1.86. The molecule has 1 amide bonds. The molecule has 35 heavy (non-hydrogen) atoms. The standard InChI is InChI=1S/C26H31N7O2/c1-16-5-6-17(16)12-24(34)30-22-14-29-33-23(27-2)13-21(31-26(22)33)20-15-32(18-7-10-35-11-8-18)25-19(20)4-3-9-28-25/h3-4,9,13-18,27H,5-8,10-12H2,1-2H3,(H,30,34)/t16-,17-/m1/s1. The Morgan fingerprint density at radius 2 is 2.06 bits per heavy atom. The third-order valence-electron chi connectivity index (χ3n) is 7.70. The smallest absolute Gasteiger partial charge is 0.224 e. The van der Waals surface area contributed by atoms with E-state index in [4.69, 9.17) is 14.7 Å². The first-order valence-electron chi connectivity index (χ1n) is 12.5. The maximum atomic E-state index is 12.8. The van der Waals surface area contributed by atoms with Gasteiger partial charge in [0.2, 0.25) is 5.91 Å². The molecule has 2 N–H and O–H groups in total. The number of hydrogen-bond acceptors (Lipinski definition) is 6. The lowest BCUT2D eigenvalue weighted by Gasteiger charge is -2.33. The van der Waals surface area contributed by atoms with E-state index in [1.54, 1.807) is 10.7 Å². The predicted octanol–water partition coefficient (Wildman–Crippen LogP) is 4.51. The minimum absolute atomic E-state index is 0.0231. The number of ether oxygens (including phenoxy) is 1. The molecule has 0 spiro atoms. The minimum atomic E-state index is 0.0231. The zero-order chi connectivity index (χ0) is 23.9. The van der Waals surface area contributed by atoms with E-state index in [1.807, 2.05) is 25.4 Å². The summed E-state index contributed by atoms with van der Waals surface area (Å²) in [6.45, 7) is 3.74. The van der Waals surface area contributed by atoms with Gasteiger partial charge < -0.3 is 19.9 Å². The van der Waals surface area contributed by atoms with Crippen molar-refractivity contribution in [2.45, 2.75) is 45.1 Å². The third-order valence-corrected chi connectivity index (χ3v) is 7.70. The van der Waals surface area contributed by atoms with Gasteiger partial charge in [0.25, 0.3) is 0 Å². The van der Waals surface area contributed by atoms with E-state index in [2.05, 4.69) is 39.5 Å². The molecule has 1 aliphatic carbocycles. The van der Waals surface area contributed by atoms with Crippen molar-refractivity contribution in [3.63, 3.8) is 0 Å². The molecule has 1 aliphatic heterocycles. The van der Waals surface area contributed by atoms with Gasteiger partial charge in [0.05, 0.1) is 11.9 Å². The lowest BCUT2D eigenvalue weighted by Crippen LogP contribution is -2.28. The van der Waals surface area contributed by atoms with Crippen LogP contribution in [-0.2, 0) is 9.53 Å². The molecule has 9 heteroatoms. The van der Waals surface area contributed by atoms with Crippen LogP contribution in [0.1, 0.15) is 45.1 Å². The second-order valence-corrected chi connectivity index (χ2v) is 9.81. The van der Waals surface area contributed by atoms with Crippen LogP contribution in [0.3, 0.4) is 0 Å². The van der Waals surface area contributed by atoms with Crippen molar-refractivity contribution < 1.29 is 9.53 Å². The highest BCUT2D eigenvalue weighted by Gasteiger charge is 2.29. The van der Waals surface area contributed by atoms with E-state index in [0.717, 1.165) is 60.6 Å². The van der Waals surface area contributed by atoms with Crippen molar-refractivity contribution in [1.82, 2.24) is 24.1 Å². The molecule has 0 aromatic carbocycles. The number of nitrogens with zero attached hydrogens (tertiary/aromatic N) is 5. The monoisotopic (exact) mass is 473 g/mol. The maximum Gasteiger partial charge on any atom is 0.224 e. The van der Waals surface area contributed by atoms with Crippen molar-refractivity contribution in [2.75, 3.05) is 30.9 Å². The van der Waals surface area contributed by atoms with Gasteiger partial charge in [-0.25, -0.2) is 9.97 Å². The van der Waals surface area contributed by atoms with Crippen LogP contribution in [0.4, 0.5) is 11.5 Å². The molecule has 182 valence electrons. The summed E-state index contributed by atoms with van der Waals surface area (Å²) < 4.78 is 9.59. The summed E-state index contributed by atoms with van der Waals surface area (Å²) in [5.74, 6) is 1.91. The van der Waals surface area contributed by atoms with Gasteiger partial charge in [-0.1, -0.05) is 13.3 Å². The Morgan fingerprint density at radius 1 is 1.20 bits per heavy atom. The highest BCUT2D eigenvalue weighted by atomic mass is 16.5. The van der Waals surface area contributed by atoms with Crippen molar-refractivity contribution in [2.24, 2.45) is 11.8 Å². The van der Waals surface area contributed by atoms with Crippen molar-refractivity contribution >= 4 is 34.1 Å². The van der Waals surface area contributed by atoms with Gasteiger partial charge in [-0.3, -0.25) is 4.79 Å². The van der Waals surface area contributed by atoms with Crippen molar-refractivity contribution in [3.8, 4) is 11.3 Å². The minimum Gasteiger partial charge on any atom is -0.381 e. The van der Waals surface area contributed by atoms with E-state index < -0.39 is 0 Å². The highest BCUT2D eigenvalue weighted by Crippen LogP contribution is 2.37. The summed E-state index contributed by atoms with van der Waals surface area (Å²) >= 11 is 0. The van der Waals surface area contributed by atoms with Crippen LogP contribution in [-0.4, -0.2) is 50.3 Å². The Hall–Kier alpha value is -3.46. The van der Waals surface area contributed by atoms with Crippen LogP contribution in [0, 0.1) is 11.8 Å². The number of carbonyl (C=O) groups is 1. The quantitative estimate of drug-likeness (QED) is 0.427. The molecule has 6 rings (SSSR count). The lowest BCUT2D eigenvalue weighted by atomic mass is 9.73. The van der Waals surface area contributed by atoms with Gasteiger partial charge in [-0.2, -0.15) is 9.61 Å². The zero-order valence-corrected chi connectivity index (χ0v) is 20.2. The number of amides is 1. The number of aromatic nitrogens is 5. The number of nitrogens with one attached hydrogen (secondary N) is 2. The molecular formula is C26H31N7O2. The molecule has 1 saturated carbocycles. The van der Waals surface area contributed by atoms with Crippen LogP contribution in [0.25, 0.3) is 27.9 Å². The van der Waals surface area contributed by atoms with Crippen LogP contribution in [0.15, 0.2) is 36.8 Å². The molecule has 2 fully saturated rings. The number of carbonyl (C=O) groups excluding carboxylic acids is 1. The SMILES string of the molecule is CNc1cc(-c2cn(C3CCOCC3)c3ncccc23)nc2c(NC(=O)C[C@H]3CC[C@H]3C)cnn12. The summed E-state index contributed by atoms with van der Waals surface area (Å²) in [5.41, 5.74) is 4.04. The molecule has 2 atom stereocenters. The largest absolute Gasteiger partial charge is 0.381 e. The van der Waals surface area contributed by atoms with E-state index in [1.165, 1.54) is 6.42 Å². The molecular weight excluding hydrogens is 442 g/mol. The number of anilines is 2. The predicted molar refractivity (Wildman–Crippen MR) is 135 cm³/mol. The van der Waals surface area contributed by atoms with Crippen LogP contribution in [0.2, 0.25) is 0 Å². The molecule has 4 aromatic heterocycles. The first-order chi connectivity index (χ1) is 17.1. The number of hydrogen-bond donors (Lipinski definition) is 2. The summed E-state index contributed by atoms with van der Waals surface area (Å²) in [5, 5.41) is 11.8. The Morgan fingerprint density at radius 3 is 2.80 bits per heavy atom. The first-order valence-corrected chi connectivity index (χ1v) is 12.5. The lowest BCUT2D eigenvalue weighted by molar-refractivity contribution is -0.118. The Bertz CT molecular complexity index is 1390. The van der Waals surface area contributed by atoms with Crippen molar-refractivity contribution in [1.29, 1.82) is 0 Å². The van der Waals surface area contributed by atoms with Gasteiger partial charge in [0, 0.05) is 62.1 Å². The van der Waals surface area contributed by atoms with Gasteiger partial charge >= 0.3 is 0 Å². The molecule has 9 nitrogen and oxygen atoms in total. The third kappa shape index (κ3) is 3.93. The highest BCUT2D eigenvalue weighted by molar-refractivity contribution is 5.96. The fraction of sp³-hybridized carbons (Fsp3) is 0.462. The fourth-order valence-electron chi connectivity index (χ4n) is 5.37. The van der Waals surface area contributed by atoms with Crippen LogP contribution >= 0.6 is 0 Å². The van der Waals surface area contributed by atoms with E-state index >= 15 is 0 Å². The molecule has 1 saturated heterocycles. The molecule has 2 aliphatic rings. The van der Waals surface area contributed by atoms with E-state index in [0.29, 0.717) is 35.6 Å². The second-order valence-electron chi connectivity index (χ2n) is 9.81. The fourth-order valence-corrected chi connectivity index (χ4v) is 5.37. The molecule has 4 aromatic rings. The Balaban J connectivity index is 1.40. The Labute approximate surface area is 203 Å². The molecule has 0 unspecified atom stereocenters. The Kier molecular flexibility index (Phi) is 5.64. The molecule has 0 bridgehead atoms. The van der Waals surface area contributed by atoms with Crippen LogP contribution in [0.5, 0.6) is 0 Å². The van der Waals surface area contributed by atoms with Gasteiger partial charge in [0.1, 0.15) is 17.2 Å². The molecule has 0 radical (unpaired) electrons. The average Bonchev–Trinajstić information content (AvgIpc) is 3.48. The van der Waals surface area contributed by atoms with Gasteiger partial charge in [-0.15, -0.1) is 0 Å². The van der Waals surface area contributed by atoms with Crippen LogP contribution < -0.4 is 10.6 Å². The van der Waals surface area contributed by atoms with E-state index in [-0.39, 0.29) is 5.91 Å². The summed E-state index contributed by atoms with van der Waals surface area (Å²) in [4.78, 5) is 22.4. The normalized spacial score (nSPS) is 20.7. The average molecular weight is 474 g/mol. The second kappa shape index (κ2) is 8.96. The summed E-state index contributed by atoms with van der Waals surface area (Å²) in [6.07, 6.45) is 10.5.